The van der Waals surface area contributed by atoms with Crippen molar-refractivity contribution < 1.29 is 33.4 Å². The number of amides is 2. The third-order valence-electron chi connectivity index (χ3n) is 7.69. The van der Waals surface area contributed by atoms with E-state index in [-0.39, 0.29) is 19.0 Å². The molecule has 224 valence electrons. The Morgan fingerprint density at radius 2 is 1.64 bits per heavy atom. The highest BCUT2D eigenvalue weighted by Crippen LogP contribution is 2.32. The second-order valence-corrected chi connectivity index (χ2v) is 10.8. The number of rotatable bonds is 16. The molecule has 2 amide bonds. The summed E-state index contributed by atoms with van der Waals surface area (Å²) in [4.78, 5) is 40.8. The molecule has 2 atom stereocenters. The minimum absolute atomic E-state index is 0.00424. The van der Waals surface area contributed by atoms with Gasteiger partial charge in [-0.1, -0.05) is 98.7 Å². The molecule has 1 N–H and O–H groups in total. The number of ether oxygens (including phenoxy) is 2. The SMILES string of the molecule is CO[C@H](C(=O)c1cc(-c2cccc(C)c2)c(CCCCCCCCCCO)o1)C(=O)N1C(=O)OC[C@H]1c1ccccc1. The summed E-state index contributed by atoms with van der Waals surface area (Å²) >= 11 is 0. The third kappa shape index (κ3) is 7.75. The molecule has 0 spiro atoms. The molecule has 2 heterocycles. The van der Waals surface area contributed by atoms with Crippen LogP contribution in [0.5, 0.6) is 0 Å². The number of methoxy groups -OCH3 is 1. The quantitative estimate of drug-likeness (QED) is 0.113. The predicted molar refractivity (Wildman–Crippen MR) is 159 cm³/mol. The molecule has 1 fully saturated rings. The summed E-state index contributed by atoms with van der Waals surface area (Å²) in [7, 11) is 1.27. The molecule has 0 radical (unpaired) electrons. The molecular formula is C34H41NO7. The van der Waals surface area contributed by atoms with Crippen molar-refractivity contribution in [2.45, 2.75) is 76.9 Å². The number of ketones is 1. The van der Waals surface area contributed by atoms with E-state index in [4.69, 9.17) is 19.0 Å². The van der Waals surface area contributed by atoms with Gasteiger partial charge in [0.1, 0.15) is 18.4 Å². The summed E-state index contributed by atoms with van der Waals surface area (Å²) in [5.74, 6) is -0.712. The van der Waals surface area contributed by atoms with Gasteiger partial charge in [-0.15, -0.1) is 0 Å². The summed E-state index contributed by atoms with van der Waals surface area (Å²) in [6, 6.07) is 18.1. The Balaban J connectivity index is 1.49. The van der Waals surface area contributed by atoms with Crippen LogP contribution in [0.25, 0.3) is 11.1 Å². The van der Waals surface area contributed by atoms with Crippen LogP contribution in [0.1, 0.15) is 84.9 Å². The Labute approximate surface area is 247 Å². The van der Waals surface area contributed by atoms with Gasteiger partial charge >= 0.3 is 6.09 Å². The van der Waals surface area contributed by atoms with Gasteiger partial charge in [0.2, 0.25) is 11.9 Å². The summed E-state index contributed by atoms with van der Waals surface area (Å²) < 4.78 is 16.7. The topological polar surface area (TPSA) is 106 Å². The van der Waals surface area contributed by atoms with E-state index in [1.54, 1.807) is 18.2 Å². The number of benzene rings is 2. The highest BCUT2D eigenvalue weighted by atomic mass is 16.6. The molecule has 0 aliphatic carbocycles. The number of imide groups is 1. The first-order valence-corrected chi connectivity index (χ1v) is 14.9. The van der Waals surface area contributed by atoms with Crippen molar-refractivity contribution >= 4 is 17.8 Å². The number of unbranched alkanes of at least 4 members (excludes halogenated alkanes) is 7. The molecule has 3 aromatic rings. The fraction of sp³-hybridized carbons (Fsp3) is 0.441. The molecule has 42 heavy (non-hydrogen) atoms. The Morgan fingerprint density at radius 1 is 0.952 bits per heavy atom. The van der Waals surface area contributed by atoms with Crippen LogP contribution in [0.15, 0.2) is 65.1 Å². The summed E-state index contributed by atoms with van der Waals surface area (Å²) in [5, 5.41) is 8.91. The summed E-state index contributed by atoms with van der Waals surface area (Å²) in [6.45, 7) is 2.27. The van der Waals surface area contributed by atoms with Gasteiger partial charge in [0, 0.05) is 25.7 Å². The van der Waals surface area contributed by atoms with Crippen molar-refractivity contribution in [1.82, 2.24) is 4.90 Å². The lowest BCUT2D eigenvalue weighted by molar-refractivity contribution is -0.137. The van der Waals surface area contributed by atoms with Crippen LogP contribution in [-0.2, 0) is 20.7 Å². The molecule has 0 saturated carbocycles. The minimum atomic E-state index is -1.56. The lowest BCUT2D eigenvalue weighted by atomic mass is 10.00. The van der Waals surface area contributed by atoms with Crippen molar-refractivity contribution in [3.8, 4) is 11.1 Å². The van der Waals surface area contributed by atoms with Gasteiger partial charge in [-0.25, -0.2) is 9.69 Å². The van der Waals surface area contributed by atoms with E-state index in [1.807, 2.05) is 49.4 Å². The molecule has 4 rings (SSSR count). The normalized spacial score (nSPS) is 15.5. The highest BCUT2D eigenvalue weighted by molar-refractivity contribution is 6.14. The average Bonchev–Trinajstić information content (AvgIpc) is 3.61. The molecule has 0 bridgehead atoms. The van der Waals surface area contributed by atoms with Crippen molar-refractivity contribution in [3.05, 3.63) is 83.3 Å². The number of hydrogen-bond donors (Lipinski definition) is 1. The van der Waals surface area contributed by atoms with Gasteiger partial charge in [0.15, 0.2) is 5.76 Å². The number of carbonyl (C=O) groups excluding carboxylic acids is 3. The monoisotopic (exact) mass is 575 g/mol. The van der Waals surface area contributed by atoms with Crippen LogP contribution in [-0.4, -0.2) is 54.2 Å². The molecule has 8 nitrogen and oxygen atoms in total. The smallest absolute Gasteiger partial charge is 0.417 e. The van der Waals surface area contributed by atoms with Crippen molar-refractivity contribution in [2.24, 2.45) is 0 Å². The Kier molecular flexibility index (Phi) is 11.5. The largest absolute Gasteiger partial charge is 0.457 e. The molecule has 1 aliphatic rings. The van der Waals surface area contributed by atoms with Crippen LogP contribution < -0.4 is 0 Å². The van der Waals surface area contributed by atoms with Gasteiger partial charge in [-0.3, -0.25) is 9.59 Å². The maximum absolute atomic E-state index is 13.7. The van der Waals surface area contributed by atoms with Crippen LogP contribution in [0.2, 0.25) is 0 Å². The lowest BCUT2D eigenvalue weighted by Crippen LogP contribution is -2.45. The van der Waals surface area contributed by atoms with Crippen LogP contribution in [0.4, 0.5) is 4.79 Å². The first kappa shape index (κ1) is 31.2. The highest BCUT2D eigenvalue weighted by Gasteiger charge is 2.44. The van der Waals surface area contributed by atoms with Crippen molar-refractivity contribution in [2.75, 3.05) is 20.3 Å². The Morgan fingerprint density at radius 3 is 2.31 bits per heavy atom. The predicted octanol–water partition coefficient (Wildman–Crippen LogP) is 6.83. The molecular weight excluding hydrogens is 534 g/mol. The zero-order valence-corrected chi connectivity index (χ0v) is 24.6. The average molecular weight is 576 g/mol. The van der Waals surface area contributed by atoms with Gasteiger partial charge in [0.05, 0.1) is 0 Å². The minimum Gasteiger partial charge on any atom is -0.457 e. The molecule has 2 aromatic carbocycles. The Hall–Kier alpha value is -3.75. The first-order chi connectivity index (χ1) is 20.4. The van der Waals surface area contributed by atoms with E-state index < -0.39 is 29.9 Å². The van der Waals surface area contributed by atoms with Gasteiger partial charge < -0.3 is 19.0 Å². The van der Waals surface area contributed by atoms with Crippen molar-refractivity contribution in [1.29, 1.82) is 0 Å². The standard InChI is InChI=1S/C34H41NO7/c1-24-15-14-18-26(21-24)27-22-30(42-29(27)19-12-7-5-3-4-6-8-13-20-36)31(37)32(40-2)33(38)35-28(23-41-34(35)39)25-16-10-9-11-17-25/h9-11,14-18,21-22,28,32,36H,3-8,12-13,19-20,23H2,1-2H3/t28-,32+/m0/s1. The number of cyclic esters (lactones) is 1. The maximum atomic E-state index is 13.7. The fourth-order valence-corrected chi connectivity index (χ4v) is 5.41. The van der Waals surface area contributed by atoms with Crippen molar-refractivity contribution in [3.63, 3.8) is 0 Å². The van der Waals surface area contributed by atoms with Crippen LogP contribution in [0, 0.1) is 6.92 Å². The van der Waals surface area contributed by atoms with E-state index in [0.29, 0.717) is 12.2 Å². The number of aryl methyl sites for hydroxylation is 2. The number of hydrogen-bond acceptors (Lipinski definition) is 7. The number of Topliss-reactive ketones (excluding diaryl/α,β-unsaturated/α-hetero) is 1. The second-order valence-electron chi connectivity index (χ2n) is 10.8. The molecule has 1 aromatic heterocycles. The van der Waals surface area contributed by atoms with E-state index in [2.05, 4.69) is 0 Å². The number of aliphatic hydroxyl groups excluding tert-OH is 1. The molecule has 1 aliphatic heterocycles. The zero-order valence-electron chi connectivity index (χ0n) is 24.6. The molecule has 8 heteroatoms. The second kappa shape index (κ2) is 15.5. The zero-order chi connectivity index (χ0) is 29.9. The molecule has 1 saturated heterocycles. The van der Waals surface area contributed by atoms with Crippen LogP contribution in [0.3, 0.4) is 0 Å². The van der Waals surface area contributed by atoms with Gasteiger partial charge in [0.25, 0.3) is 5.91 Å². The van der Waals surface area contributed by atoms with Gasteiger partial charge in [-0.05, 0) is 37.0 Å². The third-order valence-corrected chi connectivity index (χ3v) is 7.69. The number of furan rings is 1. The number of carbonyl (C=O) groups is 3. The maximum Gasteiger partial charge on any atom is 0.417 e. The van der Waals surface area contributed by atoms with E-state index >= 15 is 0 Å². The van der Waals surface area contributed by atoms with E-state index in [1.165, 1.54) is 7.11 Å². The summed E-state index contributed by atoms with van der Waals surface area (Å²) in [6.07, 6.45) is 6.73. The fourth-order valence-electron chi connectivity index (χ4n) is 5.41. The van der Waals surface area contributed by atoms with E-state index in [0.717, 1.165) is 78.5 Å². The Bertz CT molecular complexity index is 1330. The number of aliphatic hydroxyl groups is 1. The van der Waals surface area contributed by atoms with Gasteiger partial charge in [-0.2, -0.15) is 0 Å². The molecule has 0 unspecified atom stereocenters. The lowest BCUT2D eigenvalue weighted by Gasteiger charge is -2.23. The first-order valence-electron chi connectivity index (χ1n) is 14.9. The number of nitrogens with zero attached hydrogens (tertiary/aromatic N) is 1. The van der Waals surface area contributed by atoms with E-state index in [9.17, 15) is 14.4 Å². The summed E-state index contributed by atoms with van der Waals surface area (Å²) in [5.41, 5.74) is 3.56. The van der Waals surface area contributed by atoms with Crippen LogP contribution >= 0.6 is 0 Å².